The number of nitrogens with zero attached hydrogens (tertiary/aromatic N) is 2. The molecule has 0 aliphatic heterocycles. The molecule has 0 aliphatic carbocycles. The van der Waals surface area contributed by atoms with Gasteiger partial charge in [0.15, 0.2) is 0 Å². The van der Waals surface area contributed by atoms with Crippen LogP contribution in [0.15, 0.2) is 58.0 Å². The van der Waals surface area contributed by atoms with Crippen molar-refractivity contribution >= 4 is 17.7 Å². The number of benzene rings is 1. The molecule has 0 unspecified atom stereocenters. The van der Waals surface area contributed by atoms with Crippen LogP contribution in [0.25, 0.3) is 11.3 Å². The number of rotatable bonds is 5. The van der Waals surface area contributed by atoms with Gasteiger partial charge in [-0.1, -0.05) is 41.6 Å². The predicted molar refractivity (Wildman–Crippen MR) is 91.8 cm³/mol. The topological polar surface area (TPSA) is 65.2 Å². The molecule has 0 saturated carbocycles. The fraction of sp³-hybridized carbons (Fsp3) is 0.167. The molecule has 2 aromatic heterocycles. The molecule has 0 amide bonds. The Balaban J connectivity index is 1.63. The van der Waals surface area contributed by atoms with Crippen molar-refractivity contribution < 1.29 is 13.9 Å². The van der Waals surface area contributed by atoms with Gasteiger partial charge >= 0.3 is 5.97 Å². The first-order chi connectivity index (χ1) is 11.7. The van der Waals surface area contributed by atoms with Gasteiger partial charge < -0.3 is 9.15 Å². The molecule has 0 saturated heterocycles. The summed E-state index contributed by atoms with van der Waals surface area (Å²) in [6.45, 7) is 2.05. The molecule has 0 atom stereocenters. The monoisotopic (exact) mass is 340 g/mol. The smallest absolute Gasteiger partial charge is 0.373 e. The molecule has 0 N–H and O–H groups in total. The number of ether oxygens (including phenoxy) is 1. The van der Waals surface area contributed by atoms with E-state index in [-0.39, 0.29) is 5.76 Å². The third-order valence-electron chi connectivity index (χ3n) is 3.40. The molecule has 24 heavy (non-hydrogen) atoms. The van der Waals surface area contributed by atoms with Crippen molar-refractivity contribution in [2.75, 3.05) is 7.11 Å². The molecule has 1 aromatic carbocycles. The lowest BCUT2D eigenvalue weighted by molar-refractivity contribution is 0.0563. The van der Waals surface area contributed by atoms with Crippen molar-refractivity contribution in [3.8, 4) is 11.3 Å². The van der Waals surface area contributed by atoms with Crippen LogP contribution < -0.4 is 0 Å². The summed E-state index contributed by atoms with van der Waals surface area (Å²) in [6, 6.07) is 15.4. The number of furan rings is 1. The van der Waals surface area contributed by atoms with Crippen LogP contribution in [0.5, 0.6) is 0 Å². The van der Waals surface area contributed by atoms with E-state index in [9.17, 15) is 4.79 Å². The quantitative estimate of drug-likeness (QED) is 0.514. The van der Waals surface area contributed by atoms with Crippen LogP contribution in [0.1, 0.15) is 21.9 Å². The summed E-state index contributed by atoms with van der Waals surface area (Å²) in [4.78, 5) is 11.3. The summed E-state index contributed by atoms with van der Waals surface area (Å²) < 4.78 is 10.0. The maximum Gasteiger partial charge on any atom is 0.373 e. The van der Waals surface area contributed by atoms with Crippen LogP contribution in [0, 0.1) is 6.92 Å². The lowest BCUT2D eigenvalue weighted by Crippen LogP contribution is -1.98. The van der Waals surface area contributed by atoms with Gasteiger partial charge in [0.1, 0.15) is 10.8 Å². The van der Waals surface area contributed by atoms with E-state index >= 15 is 0 Å². The van der Waals surface area contributed by atoms with Gasteiger partial charge in [0.25, 0.3) is 0 Å². The number of carbonyl (C=O) groups is 1. The second-order valence-corrected chi connectivity index (χ2v) is 6.16. The Morgan fingerprint density at radius 3 is 2.54 bits per heavy atom. The summed E-state index contributed by atoms with van der Waals surface area (Å²) in [7, 11) is 1.32. The van der Waals surface area contributed by atoms with Gasteiger partial charge in [-0.25, -0.2) is 4.79 Å². The van der Waals surface area contributed by atoms with E-state index in [1.54, 1.807) is 12.1 Å². The molecule has 5 nitrogen and oxygen atoms in total. The normalized spacial score (nSPS) is 10.6. The van der Waals surface area contributed by atoms with Gasteiger partial charge in [-0.05, 0) is 31.2 Å². The second kappa shape index (κ2) is 7.31. The summed E-state index contributed by atoms with van der Waals surface area (Å²) in [5, 5.41) is 9.29. The molecule has 0 fully saturated rings. The number of carbonyl (C=O) groups excluding carboxylic acids is 1. The molecule has 2 heterocycles. The Labute approximate surface area is 144 Å². The zero-order valence-electron chi connectivity index (χ0n) is 13.4. The fourth-order valence-corrected chi connectivity index (χ4v) is 2.79. The average molecular weight is 340 g/mol. The van der Waals surface area contributed by atoms with Crippen molar-refractivity contribution in [1.29, 1.82) is 0 Å². The molecule has 0 radical (unpaired) electrons. The first-order valence-corrected chi connectivity index (χ1v) is 8.35. The Kier molecular flexibility index (Phi) is 4.96. The van der Waals surface area contributed by atoms with Crippen molar-refractivity contribution in [2.24, 2.45) is 0 Å². The maximum absolute atomic E-state index is 11.3. The number of methoxy groups -OCH3 is 1. The number of aryl methyl sites for hydroxylation is 1. The van der Waals surface area contributed by atoms with Gasteiger partial charge in [0.05, 0.1) is 18.6 Å². The number of hydrogen-bond donors (Lipinski definition) is 0. The van der Waals surface area contributed by atoms with Crippen LogP contribution in [0.4, 0.5) is 0 Å². The lowest BCUT2D eigenvalue weighted by Gasteiger charge is -2.02. The lowest BCUT2D eigenvalue weighted by atomic mass is 10.1. The van der Waals surface area contributed by atoms with Crippen LogP contribution in [0.3, 0.4) is 0 Å². The molecule has 0 spiro atoms. The Morgan fingerprint density at radius 2 is 1.88 bits per heavy atom. The van der Waals surface area contributed by atoms with Crippen LogP contribution in [0.2, 0.25) is 0 Å². The maximum atomic E-state index is 11.3. The zero-order chi connectivity index (χ0) is 16.9. The molecule has 0 aliphatic rings. The van der Waals surface area contributed by atoms with Crippen LogP contribution >= 0.6 is 11.8 Å². The minimum atomic E-state index is -0.478. The highest BCUT2D eigenvalue weighted by Gasteiger charge is 2.11. The van der Waals surface area contributed by atoms with Crippen molar-refractivity contribution in [3.63, 3.8) is 0 Å². The van der Waals surface area contributed by atoms with Crippen LogP contribution in [-0.4, -0.2) is 23.3 Å². The summed E-state index contributed by atoms with van der Waals surface area (Å²) in [5.41, 5.74) is 3.09. The van der Waals surface area contributed by atoms with E-state index in [4.69, 9.17) is 4.42 Å². The van der Waals surface area contributed by atoms with Crippen molar-refractivity contribution in [2.45, 2.75) is 17.7 Å². The van der Waals surface area contributed by atoms with E-state index in [2.05, 4.69) is 34.0 Å². The Bertz CT molecular complexity index is 826. The first kappa shape index (κ1) is 16.3. The van der Waals surface area contributed by atoms with Crippen molar-refractivity contribution in [3.05, 3.63) is 65.6 Å². The third-order valence-corrected chi connectivity index (χ3v) is 4.34. The van der Waals surface area contributed by atoms with E-state index in [1.165, 1.54) is 24.4 Å². The highest BCUT2D eigenvalue weighted by atomic mass is 32.2. The molecular formula is C18H16N2O3S. The number of thioether (sulfide) groups is 1. The SMILES string of the molecule is COC(=O)c1ccc(CSc2ccc(-c3ccc(C)cc3)nn2)o1. The first-order valence-electron chi connectivity index (χ1n) is 7.36. The number of aromatic nitrogens is 2. The van der Waals surface area contributed by atoms with Crippen LogP contribution in [-0.2, 0) is 10.5 Å². The number of esters is 1. The van der Waals surface area contributed by atoms with Crippen molar-refractivity contribution in [1.82, 2.24) is 10.2 Å². The summed E-state index contributed by atoms with van der Waals surface area (Å²) in [6.07, 6.45) is 0. The van der Waals surface area contributed by atoms with E-state index in [1.807, 2.05) is 24.3 Å². The van der Waals surface area contributed by atoms with Gasteiger partial charge in [-0.2, -0.15) is 0 Å². The second-order valence-electron chi connectivity index (χ2n) is 5.17. The highest BCUT2D eigenvalue weighted by Crippen LogP contribution is 2.24. The molecular weight excluding hydrogens is 324 g/mol. The average Bonchev–Trinajstić information content (AvgIpc) is 3.09. The fourth-order valence-electron chi connectivity index (χ4n) is 2.09. The molecule has 122 valence electrons. The minimum Gasteiger partial charge on any atom is -0.463 e. The van der Waals surface area contributed by atoms with Gasteiger partial charge in [0, 0.05) is 5.56 Å². The summed E-state index contributed by atoms with van der Waals surface area (Å²) in [5.74, 6) is 0.974. The minimum absolute atomic E-state index is 0.203. The Morgan fingerprint density at radius 1 is 1.08 bits per heavy atom. The van der Waals surface area contributed by atoms with Gasteiger partial charge in [-0.3, -0.25) is 0 Å². The highest BCUT2D eigenvalue weighted by molar-refractivity contribution is 7.98. The number of hydrogen-bond acceptors (Lipinski definition) is 6. The predicted octanol–water partition coefficient (Wildman–Crippen LogP) is 4.12. The Hall–Kier alpha value is -2.60. The van der Waals surface area contributed by atoms with E-state index in [0.29, 0.717) is 11.5 Å². The van der Waals surface area contributed by atoms with Gasteiger partial charge in [0.2, 0.25) is 5.76 Å². The van der Waals surface area contributed by atoms with E-state index < -0.39 is 5.97 Å². The molecule has 3 aromatic rings. The standard InChI is InChI=1S/C18H16N2O3S/c1-12-3-5-13(6-4-12)15-8-10-17(20-19-15)24-11-14-7-9-16(23-14)18(21)22-2/h3-10H,11H2,1-2H3. The van der Waals surface area contributed by atoms with E-state index in [0.717, 1.165) is 16.3 Å². The zero-order valence-corrected chi connectivity index (χ0v) is 14.2. The molecule has 3 rings (SSSR count). The molecule has 0 bridgehead atoms. The third kappa shape index (κ3) is 3.83. The summed E-state index contributed by atoms with van der Waals surface area (Å²) >= 11 is 1.49. The largest absolute Gasteiger partial charge is 0.463 e. The molecule has 6 heteroatoms. The van der Waals surface area contributed by atoms with Gasteiger partial charge in [-0.15, -0.1) is 10.2 Å².